The van der Waals surface area contributed by atoms with Crippen LogP contribution in [0.15, 0.2) is 0 Å². The van der Waals surface area contributed by atoms with E-state index in [1.165, 1.54) is 12.8 Å². The number of halogens is 3. The maximum Gasteiger partial charge on any atom is -1.00 e. The van der Waals surface area contributed by atoms with E-state index in [-0.39, 0.29) is 37.2 Å². The van der Waals surface area contributed by atoms with E-state index in [0.29, 0.717) is 6.42 Å². The molecular weight excluding hydrogens is 178 g/mol. The second-order valence-corrected chi connectivity index (χ2v) is 1.46. The van der Waals surface area contributed by atoms with E-state index in [1.807, 2.05) is 0 Å². The van der Waals surface area contributed by atoms with Crippen LogP contribution in [0.4, 0.5) is 0 Å². The van der Waals surface area contributed by atoms with Crippen LogP contribution < -0.4 is 37.2 Å². The summed E-state index contributed by atoms with van der Waals surface area (Å²) in [5.74, 6) is 0. The molecule has 0 aromatic carbocycles. The van der Waals surface area contributed by atoms with Crippen molar-refractivity contribution in [3.8, 4) is 0 Å². The maximum absolute atomic E-state index is 6.71. The van der Waals surface area contributed by atoms with Crippen molar-refractivity contribution in [2.45, 2.75) is 32.6 Å². The Morgan fingerprint density at radius 2 is 1.44 bits per heavy atom. The minimum Gasteiger partial charge on any atom is -1.00 e. The second-order valence-electron chi connectivity index (χ2n) is 1.46. The molecule has 0 N–H and O–H groups in total. The Hall–Kier alpha value is 0.870. The van der Waals surface area contributed by atoms with Gasteiger partial charge in [0.05, 0.1) is 0 Å². The van der Waals surface area contributed by atoms with E-state index in [0.717, 1.165) is 6.42 Å². The summed E-state index contributed by atoms with van der Waals surface area (Å²) in [5.41, 5.74) is 0. The normalized spacial score (nSPS) is 6.11. The zero-order valence-corrected chi connectivity index (χ0v) is 7.73. The average Bonchev–Trinajstić information content (AvgIpc) is 1.61. The van der Waals surface area contributed by atoms with Crippen LogP contribution >= 0.6 is 0 Å². The fraction of sp³-hybridized carbons (Fsp3) is 0.833. The van der Waals surface area contributed by atoms with Crippen molar-refractivity contribution >= 4 is 0 Å². The molecule has 9 heavy (non-hydrogen) atoms. The Morgan fingerprint density at radius 3 is 1.56 bits per heavy atom. The quantitative estimate of drug-likeness (QED) is 0.387. The second kappa shape index (κ2) is 23.2. The minimum absolute atomic E-state index is 0. The molecule has 0 radical (unpaired) electrons. The van der Waals surface area contributed by atoms with Gasteiger partial charge in [0, 0.05) is 0 Å². The van der Waals surface area contributed by atoms with Crippen molar-refractivity contribution in [2.24, 2.45) is 0 Å². The van der Waals surface area contributed by atoms with E-state index in [4.69, 9.17) is 6.92 Å². The topological polar surface area (TPSA) is 0 Å². The Balaban J connectivity index is -0.0000000417. The van der Waals surface area contributed by atoms with Gasteiger partial charge in [0.2, 0.25) is 0 Å². The van der Waals surface area contributed by atoms with Crippen LogP contribution in [0, 0.1) is 6.92 Å². The summed E-state index contributed by atoms with van der Waals surface area (Å²) in [6.07, 6.45) is 4.15. The largest absolute Gasteiger partial charge is 1.00 e. The van der Waals surface area contributed by atoms with Gasteiger partial charge in [0.15, 0.2) is 0 Å². The molecular formula is C6H11Cl3. The Bertz CT molecular complexity index is 20.3. The van der Waals surface area contributed by atoms with Gasteiger partial charge in [0.1, 0.15) is 0 Å². The molecule has 0 saturated heterocycles. The van der Waals surface area contributed by atoms with Crippen molar-refractivity contribution in [3.63, 3.8) is 0 Å². The molecule has 0 aliphatic carbocycles. The van der Waals surface area contributed by atoms with Crippen LogP contribution in [0.2, 0.25) is 0 Å². The first-order chi connectivity index (χ1) is 2.91. The molecule has 0 unspecified atom stereocenters. The molecule has 0 nitrogen and oxygen atoms in total. The number of unbranched alkanes of at least 4 members (excludes halogenated alkanes) is 3. The van der Waals surface area contributed by atoms with Crippen molar-refractivity contribution in [1.82, 2.24) is 0 Å². The molecule has 0 spiro atoms. The molecule has 0 saturated carbocycles. The first-order valence-corrected chi connectivity index (χ1v) is 2.56. The summed E-state index contributed by atoms with van der Waals surface area (Å²) in [4.78, 5) is 0. The molecule has 0 heterocycles. The summed E-state index contributed by atoms with van der Waals surface area (Å²) in [5, 5.41) is 0. The summed E-state index contributed by atoms with van der Waals surface area (Å²) >= 11 is 0. The molecule has 0 fully saturated rings. The predicted molar refractivity (Wildman–Crippen MR) is 27.4 cm³/mol. The van der Waals surface area contributed by atoms with Gasteiger partial charge in [-0.3, -0.25) is 0 Å². The number of rotatable bonds is 3. The standard InChI is InChI=1S/C6H11.3ClH/c1-3-5-6-4-2;;;/h3-6H2,1H3;3*1H/q+3;;;/p-3. The SMILES string of the molecule is [C+3]CCCCC.[Cl-].[Cl-].[Cl-]. The molecule has 0 aliphatic rings. The summed E-state index contributed by atoms with van der Waals surface area (Å²) in [6.45, 7) is 8.85. The van der Waals surface area contributed by atoms with Crippen LogP contribution in [0.5, 0.6) is 0 Å². The number of hydrogen-bond donors (Lipinski definition) is 0. The van der Waals surface area contributed by atoms with Gasteiger partial charge in [-0.2, -0.15) is 0 Å². The fourth-order valence-corrected chi connectivity index (χ4v) is 0.375. The Labute approximate surface area is 77.0 Å². The van der Waals surface area contributed by atoms with Crippen molar-refractivity contribution in [1.29, 1.82) is 0 Å². The molecule has 0 aliphatic heterocycles. The third-order valence-electron chi connectivity index (χ3n) is 0.780. The average molecular weight is 190 g/mol. The van der Waals surface area contributed by atoms with E-state index in [9.17, 15) is 0 Å². The summed E-state index contributed by atoms with van der Waals surface area (Å²) < 4.78 is 0. The Kier molecular flexibility index (Phi) is 58.0. The van der Waals surface area contributed by atoms with Gasteiger partial charge in [-0.1, -0.05) is 0 Å². The molecule has 0 rings (SSSR count). The maximum atomic E-state index is 6.71. The van der Waals surface area contributed by atoms with Gasteiger partial charge in [0.25, 0.3) is 0 Å². The van der Waals surface area contributed by atoms with Crippen LogP contribution in [-0.2, 0) is 0 Å². The zero-order chi connectivity index (χ0) is 4.83. The molecule has 0 bridgehead atoms. The van der Waals surface area contributed by atoms with Gasteiger partial charge in [-0.15, -0.1) is 0 Å². The third kappa shape index (κ3) is 28.0. The summed E-state index contributed by atoms with van der Waals surface area (Å²) in [6, 6.07) is 0. The molecule has 56 valence electrons. The van der Waals surface area contributed by atoms with Gasteiger partial charge >= 0.3 is 39.5 Å². The van der Waals surface area contributed by atoms with E-state index < -0.39 is 0 Å². The van der Waals surface area contributed by atoms with Crippen molar-refractivity contribution in [3.05, 3.63) is 6.92 Å². The molecule has 0 aromatic rings. The first kappa shape index (κ1) is 22.5. The predicted octanol–water partition coefficient (Wildman–Crippen LogP) is -6.83. The molecule has 0 atom stereocenters. The van der Waals surface area contributed by atoms with Crippen LogP contribution in [0.1, 0.15) is 32.6 Å². The molecule has 0 amide bonds. The van der Waals surface area contributed by atoms with Crippen molar-refractivity contribution < 1.29 is 37.2 Å². The minimum atomic E-state index is 0. The Morgan fingerprint density at radius 1 is 1.00 bits per heavy atom. The monoisotopic (exact) mass is 188 g/mol. The van der Waals surface area contributed by atoms with Crippen LogP contribution in [0.3, 0.4) is 0 Å². The smallest absolute Gasteiger partial charge is 1.00 e. The van der Waals surface area contributed by atoms with Crippen LogP contribution in [-0.4, -0.2) is 0 Å². The zero-order valence-electron chi connectivity index (χ0n) is 5.46. The van der Waals surface area contributed by atoms with Gasteiger partial charge in [-0.25, -0.2) is 0 Å². The third-order valence-corrected chi connectivity index (χ3v) is 0.780. The van der Waals surface area contributed by atoms with E-state index >= 15 is 0 Å². The summed E-state index contributed by atoms with van der Waals surface area (Å²) in [7, 11) is 0. The van der Waals surface area contributed by atoms with E-state index in [2.05, 4.69) is 6.92 Å². The van der Waals surface area contributed by atoms with Crippen molar-refractivity contribution in [2.75, 3.05) is 0 Å². The molecule has 3 heteroatoms. The van der Waals surface area contributed by atoms with Gasteiger partial charge in [-0.05, 0) is 0 Å². The van der Waals surface area contributed by atoms with Crippen LogP contribution in [0.25, 0.3) is 0 Å². The number of hydrogen-bond acceptors (Lipinski definition) is 0. The first-order valence-electron chi connectivity index (χ1n) is 2.56. The molecule has 0 aromatic heterocycles. The van der Waals surface area contributed by atoms with Gasteiger partial charge < -0.3 is 37.2 Å². The van der Waals surface area contributed by atoms with E-state index in [1.54, 1.807) is 0 Å². The fourth-order valence-electron chi connectivity index (χ4n) is 0.375.